The summed E-state index contributed by atoms with van der Waals surface area (Å²) in [5.41, 5.74) is 0. The highest BCUT2D eigenvalue weighted by Gasteiger charge is 2.34. The second-order valence-electron chi connectivity index (χ2n) is 2.18. The summed E-state index contributed by atoms with van der Waals surface area (Å²) >= 11 is 0. The second-order valence-corrected chi connectivity index (χ2v) is 2.18. The van der Waals surface area contributed by atoms with Crippen LogP contribution in [0.1, 0.15) is 6.42 Å². The van der Waals surface area contributed by atoms with Gasteiger partial charge in [-0.1, -0.05) is 0 Å². The number of ether oxygens (including phenoxy) is 1. The second kappa shape index (κ2) is 4.13. The molecule has 2 nitrogen and oxygen atoms in total. The Morgan fingerprint density at radius 2 is 2.00 bits per heavy atom. The maximum atomic E-state index is 11.5. The van der Waals surface area contributed by atoms with Crippen LogP contribution in [-0.2, 0) is 4.74 Å². The van der Waals surface area contributed by atoms with Crippen LogP contribution in [0, 0.1) is 0 Å². The number of halogens is 4. The SMILES string of the molecule is Cl.FC(F)(F)O[C@H]1CCNC1. The summed E-state index contributed by atoms with van der Waals surface area (Å²) in [6.07, 6.45) is -4.71. The largest absolute Gasteiger partial charge is 0.522 e. The highest BCUT2D eigenvalue weighted by Crippen LogP contribution is 2.20. The van der Waals surface area contributed by atoms with Gasteiger partial charge in [0.15, 0.2) is 0 Å². The van der Waals surface area contributed by atoms with E-state index in [0.29, 0.717) is 19.5 Å². The Balaban J connectivity index is 0.000001000. The normalized spacial score (nSPS) is 24.8. The number of alkyl halides is 3. The molecule has 1 heterocycles. The first-order chi connectivity index (χ1) is 4.58. The summed E-state index contributed by atoms with van der Waals surface area (Å²) in [4.78, 5) is 0. The van der Waals surface area contributed by atoms with Crippen LogP contribution in [0.15, 0.2) is 0 Å². The number of rotatable bonds is 1. The van der Waals surface area contributed by atoms with Crippen molar-refractivity contribution in [2.45, 2.75) is 18.9 Å². The van der Waals surface area contributed by atoms with Crippen molar-refractivity contribution in [3.05, 3.63) is 0 Å². The van der Waals surface area contributed by atoms with Crippen LogP contribution in [-0.4, -0.2) is 25.6 Å². The Kier molecular flexibility index (Phi) is 4.13. The zero-order valence-electron chi connectivity index (χ0n) is 5.65. The Labute approximate surface area is 68.5 Å². The third-order valence-corrected chi connectivity index (χ3v) is 1.32. The molecule has 11 heavy (non-hydrogen) atoms. The fraction of sp³-hybridized carbons (Fsp3) is 1.00. The van der Waals surface area contributed by atoms with E-state index in [4.69, 9.17) is 0 Å². The molecule has 0 amide bonds. The molecule has 6 heteroatoms. The van der Waals surface area contributed by atoms with E-state index in [9.17, 15) is 13.2 Å². The molecule has 1 N–H and O–H groups in total. The molecule has 0 unspecified atom stereocenters. The maximum absolute atomic E-state index is 11.5. The van der Waals surface area contributed by atoms with Gasteiger partial charge in [-0.3, -0.25) is 4.74 Å². The standard InChI is InChI=1S/C5H8F3NO.ClH/c6-5(7,8)10-4-1-2-9-3-4;/h4,9H,1-3H2;1H/t4-;/m0./s1. The minimum absolute atomic E-state index is 0. The van der Waals surface area contributed by atoms with Gasteiger partial charge in [0.25, 0.3) is 0 Å². The van der Waals surface area contributed by atoms with E-state index in [2.05, 4.69) is 10.1 Å². The zero-order valence-corrected chi connectivity index (χ0v) is 6.47. The summed E-state index contributed by atoms with van der Waals surface area (Å²) < 4.78 is 38.1. The van der Waals surface area contributed by atoms with Crippen LogP contribution in [0.2, 0.25) is 0 Å². The molecule has 0 spiro atoms. The lowest BCUT2D eigenvalue weighted by Gasteiger charge is -2.11. The molecule has 1 atom stereocenters. The number of nitrogens with one attached hydrogen (secondary N) is 1. The summed E-state index contributed by atoms with van der Waals surface area (Å²) in [6, 6.07) is 0. The smallest absolute Gasteiger partial charge is 0.314 e. The van der Waals surface area contributed by atoms with E-state index in [1.807, 2.05) is 0 Å². The Hall–Kier alpha value is -0.0000000000000000416. The van der Waals surface area contributed by atoms with Crippen molar-refractivity contribution in [3.63, 3.8) is 0 Å². The van der Waals surface area contributed by atoms with Gasteiger partial charge in [0, 0.05) is 6.54 Å². The zero-order chi connectivity index (χ0) is 7.61. The lowest BCUT2D eigenvalue weighted by atomic mass is 10.3. The van der Waals surface area contributed by atoms with Crippen molar-refractivity contribution in [2.24, 2.45) is 0 Å². The first kappa shape index (κ1) is 11.0. The van der Waals surface area contributed by atoms with Gasteiger partial charge in [-0.05, 0) is 13.0 Å². The summed E-state index contributed by atoms with van der Waals surface area (Å²) in [6.45, 7) is 0.917. The molecule has 0 bridgehead atoms. The van der Waals surface area contributed by atoms with E-state index in [1.165, 1.54) is 0 Å². The highest BCUT2D eigenvalue weighted by atomic mass is 35.5. The first-order valence-electron chi connectivity index (χ1n) is 3.03. The van der Waals surface area contributed by atoms with Crippen molar-refractivity contribution < 1.29 is 17.9 Å². The predicted octanol–water partition coefficient (Wildman–Crippen LogP) is 1.31. The van der Waals surface area contributed by atoms with Gasteiger partial charge in [-0.25, -0.2) is 0 Å². The Bertz CT molecular complexity index is 113. The van der Waals surface area contributed by atoms with E-state index < -0.39 is 12.5 Å². The van der Waals surface area contributed by atoms with Gasteiger partial charge < -0.3 is 5.32 Å². The molecule has 0 aromatic rings. The fourth-order valence-corrected chi connectivity index (χ4v) is 0.918. The predicted molar refractivity (Wildman–Crippen MR) is 35.7 cm³/mol. The summed E-state index contributed by atoms with van der Waals surface area (Å²) in [5, 5.41) is 2.77. The first-order valence-corrected chi connectivity index (χ1v) is 3.03. The molecule has 0 saturated carbocycles. The third-order valence-electron chi connectivity index (χ3n) is 1.32. The van der Waals surface area contributed by atoms with Gasteiger partial charge in [0.2, 0.25) is 0 Å². The molecule has 1 aliphatic heterocycles. The van der Waals surface area contributed by atoms with Gasteiger partial charge in [0.1, 0.15) is 0 Å². The van der Waals surface area contributed by atoms with E-state index in [1.54, 1.807) is 0 Å². The van der Waals surface area contributed by atoms with Crippen LogP contribution < -0.4 is 5.32 Å². The van der Waals surface area contributed by atoms with Gasteiger partial charge in [-0.15, -0.1) is 25.6 Å². The van der Waals surface area contributed by atoms with Crippen LogP contribution in [0.4, 0.5) is 13.2 Å². The molecule has 1 aliphatic rings. The molecule has 1 fully saturated rings. The van der Waals surface area contributed by atoms with Gasteiger partial charge in [-0.2, -0.15) is 0 Å². The van der Waals surface area contributed by atoms with Crippen molar-refractivity contribution in [3.8, 4) is 0 Å². The lowest BCUT2D eigenvalue weighted by molar-refractivity contribution is -0.339. The topological polar surface area (TPSA) is 21.3 Å². The van der Waals surface area contributed by atoms with E-state index in [0.717, 1.165) is 0 Å². The summed E-state index contributed by atoms with van der Waals surface area (Å²) in [5.74, 6) is 0. The van der Waals surface area contributed by atoms with E-state index in [-0.39, 0.29) is 12.4 Å². The van der Waals surface area contributed by atoms with Crippen molar-refractivity contribution in [1.82, 2.24) is 5.32 Å². The van der Waals surface area contributed by atoms with Crippen LogP contribution >= 0.6 is 12.4 Å². The highest BCUT2D eigenvalue weighted by molar-refractivity contribution is 5.85. The molecule has 0 radical (unpaired) electrons. The minimum Gasteiger partial charge on any atom is -0.314 e. The number of hydrogen-bond acceptors (Lipinski definition) is 2. The summed E-state index contributed by atoms with van der Waals surface area (Å²) in [7, 11) is 0. The molecule has 0 aromatic heterocycles. The van der Waals surface area contributed by atoms with E-state index >= 15 is 0 Å². The molecule has 68 valence electrons. The molecule has 0 aromatic carbocycles. The quantitative estimate of drug-likeness (QED) is 0.675. The monoisotopic (exact) mass is 191 g/mol. The van der Waals surface area contributed by atoms with Crippen LogP contribution in [0.5, 0.6) is 0 Å². The molecular weight excluding hydrogens is 183 g/mol. The van der Waals surface area contributed by atoms with Crippen molar-refractivity contribution >= 4 is 12.4 Å². The van der Waals surface area contributed by atoms with Crippen molar-refractivity contribution in [2.75, 3.05) is 13.1 Å². The van der Waals surface area contributed by atoms with Gasteiger partial charge >= 0.3 is 6.36 Å². The molecule has 1 rings (SSSR count). The van der Waals surface area contributed by atoms with Crippen molar-refractivity contribution in [1.29, 1.82) is 0 Å². The van der Waals surface area contributed by atoms with Gasteiger partial charge in [0.05, 0.1) is 6.10 Å². The molecular formula is C5H9ClF3NO. The molecule has 0 aliphatic carbocycles. The molecule has 1 saturated heterocycles. The Morgan fingerprint density at radius 3 is 2.36 bits per heavy atom. The third kappa shape index (κ3) is 4.44. The average molecular weight is 192 g/mol. The minimum atomic E-state index is -4.48. The maximum Gasteiger partial charge on any atom is 0.522 e. The van der Waals surface area contributed by atoms with Crippen LogP contribution in [0.25, 0.3) is 0 Å². The van der Waals surface area contributed by atoms with Crippen LogP contribution in [0.3, 0.4) is 0 Å². The Morgan fingerprint density at radius 1 is 1.36 bits per heavy atom. The lowest BCUT2D eigenvalue weighted by Crippen LogP contribution is -2.25. The number of hydrogen-bond donors (Lipinski definition) is 1. The fourth-order valence-electron chi connectivity index (χ4n) is 0.918. The average Bonchev–Trinajstić information content (AvgIpc) is 2.12.